The van der Waals surface area contributed by atoms with Crippen molar-refractivity contribution < 1.29 is 67.0 Å². The second kappa shape index (κ2) is 35.3. The van der Waals surface area contributed by atoms with Gasteiger partial charge >= 0.3 is 5.97 Å². The molecule has 85 heavy (non-hydrogen) atoms. The number of carbonyl (C=O) groups is 10. The van der Waals surface area contributed by atoms with Crippen LogP contribution in [0.4, 0.5) is 0 Å². The van der Waals surface area contributed by atoms with E-state index in [2.05, 4.69) is 21.5 Å². The van der Waals surface area contributed by atoms with Crippen LogP contribution in [0, 0.1) is 23.7 Å². The highest BCUT2D eigenvalue weighted by atomic mass is 16.7. The molecule has 0 radical (unpaired) electrons. The molecule has 3 aliphatic heterocycles. The summed E-state index contributed by atoms with van der Waals surface area (Å²) in [6.07, 6.45) is 5.47. The molecule has 0 aromatic heterocycles. The van der Waals surface area contributed by atoms with Crippen molar-refractivity contribution in [2.75, 3.05) is 61.1 Å². The molecule has 2 fully saturated rings. The minimum atomic E-state index is -1.30. The Labute approximate surface area is 502 Å². The summed E-state index contributed by atoms with van der Waals surface area (Å²) in [6.45, 7) is 16.5. The summed E-state index contributed by atoms with van der Waals surface area (Å²) in [5.41, 5.74) is 11.5. The SMILES string of the molecule is CC[C@H](C)[C@@H]([C@@H](CC(=O)N1CCC[C@H]1[C@H](OC)[C@@H](C)C(=O)N[C@@H](Cc1ccccc1)C(=O)N1CCCCO1)OC)N(C)C(=O)[C@@H](NC(=O)[C@H](C(C)C)N(C)CCCC(=O)O[C@H](C)[C@H](N)C(=O)NNC(=O)CCCCCN1C(=O)C=CC1=O)C(C)C. The normalized spacial score (nSPS) is 18.9. The molecule has 1 aromatic carbocycles. The van der Waals surface area contributed by atoms with Crippen LogP contribution in [0.2, 0.25) is 0 Å². The zero-order valence-electron chi connectivity index (χ0n) is 52.3. The second-order valence-electron chi connectivity index (χ2n) is 23.6. The van der Waals surface area contributed by atoms with Crippen LogP contribution in [0.15, 0.2) is 42.5 Å². The van der Waals surface area contributed by atoms with Crippen LogP contribution in [0.5, 0.6) is 0 Å². The summed E-state index contributed by atoms with van der Waals surface area (Å²) >= 11 is 0. The highest BCUT2D eigenvalue weighted by Gasteiger charge is 2.44. The lowest BCUT2D eigenvalue weighted by Crippen LogP contribution is -2.60. The van der Waals surface area contributed by atoms with Crippen molar-refractivity contribution in [3.63, 3.8) is 0 Å². The summed E-state index contributed by atoms with van der Waals surface area (Å²) in [6, 6.07) is 4.55. The fourth-order valence-corrected chi connectivity index (χ4v) is 11.4. The lowest BCUT2D eigenvalue weighted by atomic mass is 9.89. The number of nitrogens with one attached hydrogen (secondary N) is 4. The predicted octanol–water partition coefficient (Wildman–Crippen LogP) is 2.96. The molecule has 476 valence electrons. The van der Waals surface area contributed by atoms with Crippen molar-refractivity contribution in [3.8, 4) is 0 Å². The van der Waals surface area contributed by atoms with Gasteiger partial charge < -0.3 is 40.4 Å². The van der Waals surface area contributed by atoms with Crippen LogP contribution >= 0.6 is 0 Å². The molecule has 1 aromatic rings. The molecule has 2 saturated heterocycles. The van der Waals surface area contributed by atoms with E-state index in [0.717, 1.165) is 23.3 Å². The van der Waals surface area contributed by atoms with Gasteiger partial charge in [0.25, 0.3) is 23.6 Å². The summed E-state index contributed by atoms with van der Waals surface area (Å²) in [5, 5.41) is 7.38. The lowest BCUT2D eigenvalue weighted by molar-refractivity contribution is -0.199. The van der Waals surface area contributed by atoms with Gasteiger partial charge in [-0.1, -0.05) is 91.6 Å². The van der Waals surface area contributed by atoms with E-state index in [9.17, 15) is 47.9 Å². The monoisotopic (exact) mass is 1190 g/mol. The van der Waals surface area contributed by atoms with Gasteiger partial charge in [-0.3, -0.25) is 73.4 Å². The highest BCUT2D eigenvalue weighted by Crippen LogP contribution is 2.30. The average molecular weight is 1200 g/mol. The Kier molecular flexibility index (Phi) is 29.6. The van der Waals surface area contributed by atoms with Crippen molar-refractivity contribution >= 4 is 59.1 Å². The molecular weight excluding hydrogens is 1100 g/mol. The van der Waals surface area contributed by atoms with Gasteiger partial charge in [0.05, 0.1) is 49.3 Å². The van der Waals surface area contributed by atoms with Crippen LogP contribution < -0.4 is 27.2 Å². The second-order valence-corrected chi connectivity index (χ2v) is 23.6. The Morgan fingerprint density at radius 3 is 2.06 bits per heavy atom. The van der Waals surface area contributed by atoms with Crippen molar-refractivity contribution in [1.29, 1.82) is 0 Å². The number of unbranched alkanes of at least 4 members (excludes halogenated alkanes) is 2. The van der Waals surface area contributed by atoms with Gasteiger partial charge in [-0.05, 0) is 88.8 Å². The fraction of sp³-hybridized carbons (Fsp3) is 0.705. The number of nitrogens with two attached hydrogens (primary N) is 1. The number of hydrogen-bond acceptors (Lipinski definition) is 16. The average Bonchev–Trinajstić information content (AvgIpc) is 3.65. The van der Waals surface area contributed by atoms with E-state index >= 15 is 0 Å². The maximum Gasteiger partial charge on any atom is 0.306 e. The Bertz CT molecular complexity index is 2400. The van der Waals surface area contributed by atoms with Crippen LogP contribution in [-0.4, -0.2) is 199 Å². The molecular formula is C61H98N10O14. The first-order valence-corrected chi connectivity index (χ1v) is 30.3. The van der Waals surface area contributed by atoms with Gasteiger partial charge in [-0.15, -0.1) is 0 Å². The van der Waals surface area contributed by atoms with Crippen molar-refractivity contribution in [3.05, 3.63) is 48.0 Å². The highest BCUT2D eigenvalue weighted by molar-refractivity contribution is 6.12. The van der Waals surface area contributed by atoms with Gasteiger partial charge in [0.15, 0.2) is 0 Å². The van der Waals surface area contributed by atoms with Gasteiger partial charge in [0.1, 0.15) is 24.2 Å². The summed E-state index contributed by atoms with van der Waals surface area (Å²) in [5.74, 6) is -5.74. The number of imide groups is 1. The maximum atomic E-state index is 14.8. The van der Waals surface area contributed by atoms with E-state index in [1.54, 1.807) is 30.8 Å². The number of benzene rings is 1. The minimum absolute atomic E-state index is 0.0583. The van der Waals surface area contributed by atoms with Crippen molar-refractivity contribution in [1.82, 2.24) is 46.1 Å². The molecule has 9 amide bonds. The third-order valence-corrected chi connectivity index (χ3v) is 16.5. The van der Waals surface area contributed by atoms with E-state index in [4.69, 9.17) is 24.8 Å². The number of hydrazine groups is 1. The van der Waals surface area contributed by atoms with E-state index in [-0.39, 0.29) is 97.8 Å². The number of ether oxygens (including phenoxy) is 3. The molecule has 0 aliphatic carbocycles. The van der Waals surface area contributed by atoms with E-state index in [1.165, 1.54) is 38.4 Å². The first-order chi connectivity index (χ1) is 40.4. The molecule has 11 atom stereocenters. The number of hydrogen-bond donors (Lipinski definition) is 5. The Morgan fingerprint density at radius 1 is 0.776 bits per heavy atom. The standard InChI is InChI=1S/C61H98N10O14/c1-13-40(6)55(46(82-11)37-50(75)69-33-22-26-45(69)56(83-12)41(7)57(77)63-44(36-43-24-16-14-17-25-43)60(80)71-34-20-21-35-84-71)68(10)61(81)53(38(2)3)64-59(79)54(39(4)5)67(9)31-23-28-51(76)85-42(8)52(62)58(78)66-65-47(72)27-18-15-19-32-70-48(73)29-30-49(70)74/h14,16-17,24-25,29-30,38-42,44-46,52-56H,13,15,18-23,26-28,31-37,62H2,1-12H3,(H,63,77)(H,64,79)(H,65,72)(H,66,78)/t40-,41+,42+,44-,45-,46+,52-,53-,54-,55-,56+/m0/s1. The van der Waals surface area contributed by atoms with Crippen LogP contribution in [0.3, 0.4) is 0 Å². The first kappa shape index (κ1) is 71.1. The van der Waals surface area contributed by atoms with Gasteiger partial charge in [0, 0.05) is 72.3 Å². The fourth-order valence-electron chi connectivity index (χ4n) is 11.4. The molecule has 3 aliphatic rings. The summed E-state index contributed by atoms with van der Waals surface area (Å²) in [7, 11) is 6.46. The number of rotatable bonds is 34. The smallest absolute Gasteiger partial charge is 0.306 e. The number of hydroxylamine groups is 2. The third-order valence-electron chi connectivity index (χ3n) is 16.5. The number of likely N-dealkylation sites (N-methyl/N-ethyl adjacent to an activating group) is 2. The zero-order chi connectivity index (χ0) is 63.1. The van der Waals surface area contributed by atoms with Gasteiger partial charge in [-0.25, -0.2) is 5.06 Å². The van der Waals surface area contributed by atoms with Gasteiger partial charge in [0.2, 0.25) is 29.5 Å². The number of likely N-dealkylation sites (tertiary alicyclic amines) is 1. The van der Waals surface area contributed by atoms with Crippen LogP contribution in [-0.2, 0) is 73.4 Å². The molecule has 4 rings (SSSR count). The lowest BCUT2D eigenvalue weighted by Gasteiger charge is -2.41. The molecule has 24 heteroatoms. The van der Waals surface area contributed by atoms with E-state index in [0.29, 0.717) is 64.8 Å². The quantitative estimate of drug-likeness (QED) is 0.0287. The number of methoxy groups -OCH3 is 2. The third kappa shape index (κ3) is 21.0. The van der Waals surface area contributed by atoms with E-state index < -0.39 is 78.3 Å². The number of esters is 1. The summed E-state index contributed by atoms with van der Waals surface area (Å²) in [4.78, 5) is 145. The molecule has 24 nitrogen and oxygen atoms in total. The number of carbonyl (C=O) groups excluding carboxylic acids is 10. The molecule has 0 saturated carbocycles. The largest absolute Gasteiger partial charge is 0.460 e. The topological polar surface area (TPSA) is 298 Å². The molecule has 3 heterocycles. The predicted molar refractivity (Wildman–Crippen MR) is 317 cm³/mol. The van der Waals surface area contributed by atoms with Crippen molar-refractivity contribution in [2.45, 2.75) is 193 Å². The Balaban J connectivity index is 1.32. The minimum Gasteiger partial charge on any atom is -0.460 e. The van der Waals surface area contributed by atoms with Crippen LogP contribution in [0.25, 0.3) is 0 Å². The number of nitrogens with zero attached hydrogens (tertiary/aromatic N) is 5. The zero-order valence-corrected chi connectivity index (χ0v) is 52.3. The molecule has 6 N–H and O–H groups in total. The van der Waals surface area contributed by atoms with Crippen LogP contribution in [0.1, 0.15) is 138 Å². The summed E-state index contributed by atoms with van der Waals surface area (Å²) < 4.78 is 17.6. The van der Waals surface area contributed by atoms with Crippen molar-refractivity contribution in [2.24, 2.45) is 29.4 Å². The number of amides is 9. The Morgan fingerprint density at radius 2 is 1.46 bits per heavy atom. The Hall–Kier alpha value is -6.34. The maximum absolute atomic E-state index is 14.8. The van der Waals surface area contributed by atoms with Gasteiger partial charge in [-0.2, -0.15) is 0 Å². The molecule has 0 spiro atoms. The first-order valence-electron chi connectivity index (χ1n) is 30.3. The molecule has 0 unspecified atom stereocenters. The molecule has 0 bridgehead atoms. The van der Waals surface area contributed by atoms with E-state index in [1.807, 2.05) is 76.8 Å².